The molecule has 0 saturated heterocycles. The van der Waals surface area contributed by atoms with Crippen LogP contribution in [0.5, 0.6) is 0 Å². The largest absolute Gasteiger partial charge is 0.376 e. The molecule has 0 spiro atoms. The zero-order valence-corrected chi connectivity index (χ0v) is 12.1. The summed E-state index contributed by atoms with van der Waals surface area (Å²) in [7, 11) is 0. The molecule has 0 aromatic heterocycles. The van der Waals surface area contributed by atoms with Gasteiger partial charge in [-0.1, -0.05) is 36.7 Å². The topological polar surface area (TPSA) is 41.1 Å². The van der Waals surface area contributed by atoms with E-state index in [4.69, 9.17) is 11.6 Å². The number of carbonyl (C=O) groups excluding carboxylic acids is 1. The summed E-state index contributed by atoms with van der Waals surface area (Å²) in [4.78, 5) is 11.9. The summed E-state index contributed by atoms with van der Waals surface area (Å²) >= 11 is 5.81. The molecule has 0 radical (unpaired) electrons. The number of rotatable bonds is 5. The molecule has 2 rings (SSSR count). The third kappa shape index (κ3) is 4.00. The molecule has 104 valence electrons. The van der Waals surface area contributed by atoms with Gasteiger partial charge in [0.1, 0.15) is 0 Å². The lowest BCUT2D eigenvalue weighted by atomic mass is 10.1. The number of nitrogens with one attached hydrogen (secondary N) is 2. The monoisotopic (exact) mass is 288 g/mol. The fraction of sp³-hybridized carbons (Fsp3) is 0.188. The molecule has 0 aliphatic heterocycles. The maximum absolute atomic E-state index is 11.9. The first-order chi connectivity index (χ1) is 9.69. The van der Waals surface area contributed by atoms with E-state index in [-0.39, 0.29) is 12.5 Å². The molecule has 2 aromatic rings. The number of benzene rings is 2. The second-order valence-corrected chi connectivity index (χ2v) is 4.86. The first kappa shape index (κ1) is 14.4. The predicted molar refractivity (Wildman–Crippen MR) is 84.4 cm³/mol. The van der Waals surface area contributed by atoms with Gasteiger partial charge in [0, 0.05) is 16.4 Å². The van der Waals surface area contributed by atoms with Crippen molar-refractivity contribution in [3.8, 4) is 0 Å². The molecule has 0 atom stereocenters. The van der Waals surface area contributed by atoms with Crippen LogP contribution < -0.4 is 10.6 Å². The highest BCUT2D eigenvalue weighted by Crippen LogP contribution is 2.16. The number of halogens is 1. The minimum atomic E-state index is -0.0687. The molecular weight excluding hydrogens is 272 g/mol. The van der Waals surface area contributed by atoms with E-state index in [1.807, 2.05) is 36.4 Å². The van der Waals surface area contributed by atoms with Gasteiger partial charge >= 0.3 is 0 Å². The van der Waals surface area contributed by atoms with Gasteiger partial charge < -0.3 is 10.6 Å². The summed E-state index contributed by atoms with van der Waals surface area (Å²) in [6.45, 7) is 2.29. The highest BCUT2D eigenvalue weighted by molar-refractivity contribution is 6.30. The number of anilines is 2. The number of amides is 1. The van der Waals surface area contributed by atoms with E-state index in [0.29, 0.717) is 5.02 Å². The standard InChI is InChI=1S/C16H17ClN2O/c1-2-12-5-3-4-6-15(12)19-16(20)11-18-14-9-7-13(17)8-10-14/h3-10,18H,2,11H2,1H3,(H,19,20). The van der Waals surface area contributed by atoms with E-state index in [1.54, 1.807) is 12.1 Å². The van der Waals surface area contributed by atoms with Crippen LogP contribution in [0.4, 0.5) is 11.4 Å². The molecular formula is C16H17ClN2O. The third-order valence-corrected chi connectivity index (χ3v) is 3.22. The van der Waals surface area contributed by atoms with Gasteiger partial charge in [-0.25, -0.2) is 0 Å². The Labute approximate surface area is 124 Å². The van der Waals surface area contributed by atoms with Crippen molar-refractivity contribution in [2.45, 2.75) is 13.3 Å². The van der Waals surface area contributed by atoms with Crippen molar-refractivity contribution in [2.24, 2.45) is 0 Å². The summed E-state index contributed by atoms with van der Waals surface area (Å²) in [6, 6.07) is 15.1. The highest BCUT2D eigenvalue weighted by atomic mass is 35.5. The normalized spacial score (nSPS) is 10.1. The molecule has 0 bridgehead atoms. The molecule has 1 amide bonds. The van der Waals surface area contributed by atoms with Crippen LogP contribution in [0.3, 0.4) is 0 Å². The van der Waals surface area contributed by atoms with Crippen LogP contribution in [-0.2, 0) is 11.2 Å². The minimum absolute atomic E-state index is 0.0687. The molecule has 0 saturated carbocycles. The molecule has 3 nitrogen and oxygen atoms in total. The highest BCUT2D eigenvalue weighted by Gasteiger charge is 2.05. The number of aryl methyl sites for hydroxylation is 1. The number of hydrogen-bond acceptors (Lipinski definition) is 2. The maximum Gasteiger partial charge on any atom is 0.243 e. The summed E-state index contributed by atoms with van der Waals surface area (Å²) in [5.74, 6) is -0.0687. The van der Waals surface area contributed by atoms with Crippen LogP contribution in [0.15, 0.2) is 48.5 Å². The lowest BCUT2D eigenvalue weighted by Gasteiger charge is -2.10. The van der Waals surface area contributed by atoms with Crippen molar-refractivity contribution in [2.75, 3.05) is 17.2 Å². The Hall–Kier alpha value is -2.00. The van der Waals surface area contributed by atoms with E-state index in [1.165, 1.54) is 0 Å². The predicted octanol–water partition coefficient (Wildman–Crippen LogP) is 3.95. The molecule has 0 fully saturated rings. The zero-order valence-electron chi connectivity index (χ0n) is 11.3. The molecule has 20 heavy (non-hydrogen) atoms. The van der Waals surface area contributed by atoms with E-state index in [0.717, 1.165) is 23.4 Å². The van der Waals surface area contributed by atoms with E-state index in [9.17, 15) is 4.79 Å². The quantitative estimate of drug-likeness (QED) is 0.874. The first-order valence-corrected chi connectivity index (χ1v) is 6.94. The molecule has 2 aromatic carbocycles. The van der Waals surface area contributed by atoms with Crippen LogP contribution in [0.2, 0.25) is 5.02 Å². The zero-order chi connectivity index (χ0) is 14.4. The second-order valence-electron chi connectivity index (χ2n) is 4.42. The molecule has 0 aliphatic rings. The van der Waals surface area contributed by atoms with Crippen molar-refractivity contribution in [1.82, 2.24) is 0 Å². The van der Waals surface area contributed by atoms with Gasteiger partial charge in [-0.2, -0.15) is 0 Å². The van der Waals surface area contributed by atoms with Crippen LogP contribution in [0.1, 0.15) is 12.5 Å². The Kier molecular flexibility index (Phi) is 5.02. The van der Waals surface area contributed by atoms with Gasteiger partial charge in [0.25, 0.3) is 0 Å². The van der Waals surface area contributed by atoms with E-state index < -0.39 is 0 Å². The Morgan fingerprint density at radius 2 is 1.80 bits per heavy atom. The molecule has 0 heterocycles. The summed E-state index contributed by atoms with van der Waals surface area (Å²) < 4.78 is 0. The Morgan fingerprint density at radius 3 is 2.50 bits per heavy atom. The van der Waals surface area contributed by atoms with Crippen LogP contribution in [-0.4, -0.2) is 12.5 Å². The van der Waals surface area contributed by atoms with Gasteiger partial charge in [0.2, 0.25) is 5.91 Å². The molecule has 2 N–H and O–H groups in total. The second kappa shape index (κ2) is 6.96. The van der Waals surface area contributed by atoms with Gasteiger partial charge in [-0.15, -0.1) is 0 Å². The molecule has 0 aliphatic carbocycles. The Balaban J connectivity index is 1.91. The molecule has 0 unspecified atom stereocenters. The number of para-hydroxylation sites is 1. The Bertz CT molecular complexity index is 581. The lowest BCUT2D eigenvalue weighted by molar-refractivity contribution is -0.114. The molecule has 4 heteroatoms. The van der Waals surface area contributed by atoms with Gasteiger partial charge in [-0.05, 0) is 42.3 Å². The van der Waals surface area contributed by atoms with E-state index >= 15 is 0 Å². The maximum atomic E-state index is 11.9. The number of carbonyl (C=O) groups is 1. The first-order valence-electron chi connectivity index (χ1n) is 6.56. The SMILES string of the molecule is CCc1ccccc1NC(=O)CNc1ccc(Cl)cc1. The fourth-order valence-electron chi connectivity index (χ4n) is 1.90. The third-order valence-electron chi connectivity index (χ3n) is 2.97. The summed E-state index contributed by atoms with van der Waals surface area (Å²) in [5, 5.41) is 6.65. The van der Waals surface area contributed by atoms with Crippen LogP contribution >= 0.6 is 11.6 Å². The smallest absolute Gasteiger partial charge is 0.243 e. The van der Waals surface area contributed by atoms with Crippen molar-refractivity contribution in [1.29, 1.82) is 0 Å². The van der Waals surface area contributed by atoms with Crippen molar-refractivity contribution in [3.63, 3.8) is 0 Å². The van der Waals surface area contributed by atoms with Crippen LogP contribution in [0.25, 0.3) is 0 Å². The average molecular weight is 289 g/mol. The van der Waals surface area contributed by atoms with Crippen molar-refractivity contribution in [3.05, 3.63) is 59.1 Å². The lowest BCUT2D eigenvalue weighted by Crippen LogP contribution is -2.22. The van der Waals surface area contributed by atoms with Crippen LogP contribution in [0, 0.1) is 0 Å². The van der Waals surface area contributed by atoms with Gasteiger partial charge in [0.15, 0.2) is 0 Å². The van der Waals surface area contributed by atoms with Gasteiger partial charge in [-0.3, -0.25) is 4.79 Å². The van der Waals surface area contributed by atoms with Crippen molar-refractivity contribution < 1.29 is 4.79 Å². The van der Waals surface area contributed by atoms with E-state index in [2.05, 4.69) is 17.6 Å². The van der Waals surface area contributed by atoms with Gasteiger partial charge in [0.05, 0.1) is 6.54 Å². The average Bonchev–Trinajstić information content (AvgIpc) is 2.47. The Morgan fingerprint density at radius 1 is 1.10 bits per heavy atom. The minimum Gasteiger partial charge on any atom is -0.376 e. The fourth-order valence-corrected chi connectivity index (χ4v) is 2.02. The summed E-state index contributed by atoms with van der Waals surface area (Å²) in [6.07, 6.45) is 0.890. The number of hydrogen-bond donors (Lipinski definition) is 2. The van der Waals surface area contributed by atoms with Crippen molar-refractivity contribution >= 4 is 28.9 Å². The summed E-state index contributed by atoms with van der Waals surface area (Å²) in [5.41, 5.74) is 2.87.